The van der Waals surface area contributed by atoms with Crippen molar-refractivity contribution in [3.05, 3.63) is 69.7 Å². The third-order valence-electron chi connectivity index (χ3n) is 3.40. The second kappa shape index (κ2) is 6.71. The minimum Gasteiger partial charge on any atom is -0.461 e. The fourth-order valence-corrected chi connectivity index (χ4v) is 2.50. The summed E-state index contributed by atoms with van der Waals surface area (Å²) in [5, 5.41) is 0.593. The second-order valence-electron chi connectivity index (χ2n) is 5.03. The number of fused-ring (bicyclic) bond motifs is 1. The number of nitrogens with zero attached hydrogens (tertiary/aromatic N) is 1. The fourth-order valence-electron chi connectivity index (χ4n) is 2.29. The minimum absolute atomic E-state index is 0.0873. The zero-order valence-corrected chi connectivity index (χ0v) is 13.0. The van der Waals surface area contributed by atoms with Gasteiger partial charge in [-0.2, -0.15) is 0 Å². The smallest absolute Gasteiger partial charge is 0.419 e. The third kappa shape index (κ3) is 3.63. The van der Waals surface area contributed by atoms with Gasteiger partial charge in [-0.15, -0.1) is 0 Å². The average Bonchev–Trinajstić information content (AvgIpc) is 2.86. The summed E-state index contributed by atoms with van der Waals surface area (Å²) >= 11 is 5.87. The van der Waals surface area contributed by atoms with E-state index < -0.39 is 5.76 Å². The van der Waals surface area contributed by atoms with Gasteiger partial charge in [0.15, 0.2) is 5.58 Å². The molecule has 0 unspecified atom stereocenters. The second-order valence-corrected chi connectivity index (χ2v) is 5.46. The molecule has 2 aromatic carbocycles. The average molecular weight is 332 g/mol. The number of rotatable bonds is 5. The number of carbonyl (C=O) groups is 1. The summed E-state index contributed by atoms with van der Waals surface area (Å²) in [7, 11) is 0. The number of halogens is 1. The van der Waals surface area contributed by atoms with Crippen molar-refractivity contribution in [3.8, 4) is 0 Å². The SMILES string of the molecule is O=C(CCn1c(=O)oc2ccccc21)OCc1cccc(Cl)c1. The Labute approximate surface area is 137 Å². The molecule has 3 rings (SSSR count). The molecule has 0 aliphatic carbocycles. The van der Waals surface area contributed by atoms with E-state index in [1.54, 1.807) is 36.4 Å². The number of carbonyl (C=O) groups excluding carboxylic acids is 1. The van der Waals surface area contributed by atoms with Crippen molar-refractivity contribution in [2.45, 2.75) is 19.6 Å². The minimum atomic E-state index is -0.478. The van der Waals surface area contributed by atoms with Gasteiger partial charge < -0.3 is 9.15 Å². The first-order valence-corrected chi connectivity index (χ1v) is 7.50. The van der Waals surface area contributed by atoms with E-state index in [0.717, 1.165) is 5.56 Å². The van der Waals surface area contributed by atoms with Crippen LogP contribution in [0.2, 0.25) is 5.02 Å². The lowest BCUT2D eigenvalue weighted by Gasteiger charge is -2.06. The maximum Gasteiger partial charge on any atom is 0.419 e. The van der Waals surface area contributed by atoms with Crippen LogP contribution in [0.3, 0.4) is 0 Å². The molecule has 0 aliphatic rings. The maximum absolute atomic E-state index is 11.8. The Kier molecular flexibility index (Phi) is 4.48. The summed E-state index contributed by atoms with van der Waals surface area (Å²) in [6, 6.07) is 14.2. The van der Waals surface area contributed by atoms with E-state index in [1.165, 1.54) is 4.57 Å². The molecule has 0 radical (unpaired) electrons. The zero-order chi connectivity index (χ0) is 16.2. The van der Waals surface area contributed by atoms with Crippen LogP contribution >= 0.6 is 11.6 Å². The van der Waals surface area contributed by atoms with E-state index in [-0.39, 0.29) is 25.5 Å². The fraction of sp³-hybridized carbons (Fsp3) is 0.176. The number of aromatic nitrogens is 1. The Hall–Kier alpha value is -2.53. The first-order chi connectivity index (χ1) is 11.1. The molecule has 23 heavy (non-hydrogen) atoms. The van der Waals surface area contributed by atoms with E-state index in [2.05, 4.69) is 0 Å². The zero-order valence-electron chi connectivity index (χ0n) is 12.2. The Morgan fingerprint density at radius 1 is 1.17 bits per heavy atom. The highest BCUT2D eigenvalue weighted by atomic mass is 35.5. The van der Waals surface area contributed by atoms with E-state index in [0.29, 0.717) is 16.1 Å². The van der Waals surface area contributed by atoms with Crippen molar-refractivity contribution < 1.29 is 13.9 Å². The molecule has 0 spiro atoms. The van der Waals surface area contributed by atoms with Gasteiger partial charge in [-0.3, -0.25) is 9.36 Å². The van der Waals surface area contributed by atoms with Crippen LogP contribution in [0.4, 0.5) is 0 Å². The normalized spacial score (nSPS) is 10.8. The van der Waals surface area contributed by atoms with Gasteiger partial charge in [-0.1, -0.05) is 35.9 Å². The number of hydrogen-bond acceptors (Lipinski definition) is 4. The monoisotopic (exact) mass is 331 g/mol. The van der Waals surface area contributed by atoms with E-state index >= 15 is 0 Å². The number of oxazole rings is 1. The predicted octanol–water partition coefficient (Wildman–Crippen LogP) is 3.38. The maximum atomic E-state index is 11.8. The van der Waals surface area contributed by atoms with Gasteiger partial charge in [0.1, 0.15) is 6.61 Å². The Morgan fingerprint density at radius 2 is 2.00 bits per heavy atom. The Balaban J connectivity index is 1.60. The molecule has 1 heterocycles. The molecule has 0 N–H and O–H groups in total. The van der Waals surface area contributed by atoms with Gasteiger partial charge in [-0.05, 0) is 29.8 Å². The van der Waals surface area contributed by atoms with Crippen LogP contribution in [0.5, 0.6) is 0 Å². The molecule has 1 aromatic heterocycles. The molecular formula is C17H14ClNO4. The number of aryl methyl sites for hydroxylation is 1. The van der Waals surface area contributed by atoms with Crippen molar-refractivity contribution in [2.75, 3.05) is 0 Å². The molecule has 118 valence electrons. The summed E-state index contributed by atoms with van der Waals surface area (Å²) in [5.74, 6) is -0.865. The van der Waals surface area contributed by atoms with Crippen molar-refractivity contribution in [3.63, 3.8) is 0 Å². The van der Waals surface area contributed by atoms with Gasteiger partial charge in [0.2, 0.25) is 0 Å². The molecule has 5 nitrogen and oxygen atoms in total. The first kappa shape index (κ1) is 15.4. The molecule has 0 saturated heterocycles. The van der Waals surface area contributed by atoms with Crippen LogP contribution in [0.25, 0.3) is 11.1 Å². The molecule has 0 amide bonds. The lowest BCUT2D eigenvalue weighted by molar-refractivity contribution is -0.145. The molecule has 0 atom stereocenters. The Bertz CT molecular complexity index is 897. The number of para-hydroxylation sites is 2. The van der Waals surface area contributed by atoms with Crippen LogP contribution in [0.1, 0.15) is 12.0 Å². The predicted molar refractivity (Wildman–Crippen MR) is 86.3 cm³/mol. The Morgan fingerprint density at radius 3 is 2.83 bits per heavy atom. The molecule has 0 aliphatic heterocycles. The molecule has 0 fully saturated rings. The summed E-state index contributed by atoms with van der Waals surface area (Å²) in [4.78, 5) is 23.6. The van der Waals surface area contributed by atoms with Crippen LogP contribution in [0.15, 0.2) is 57.7 Å². The van der Waals surface area contributed by atoms with Gasteiger partial charge >= 0.3 is 11.7 Å². The molecule has 0 bridgehead atoms. The van der Waals surface area contributed by atoms with E-state index in [9.17, 15) is 9.59 Å². The molecular weight excluding hydrogens is 318 g/mol. The van der Waals surface area contributed by atoms with Crippen molar-refractivity contribution >= 4 is 28.7 Å². The van der Waals surface area contributed by atoms with E-state index in [1.807, 2.05) is 12.1 Å². The first-order valence-electron chi connectivity index (χ1n) is 7.12. The van der Waals surface area contributed by atoms with E-state index in [4.69, 9.17) is 20.8 Å². The van der Waals surface area contributed by atoms with Crippen molar-refractivity contribution in [1.82, 2.24) is 4.57 Å². The number of benzene rings is 2. The number of hydrogen-bond donors (Lipinski definition) is 0. The standard InChI is InChI=1S/C17H14ClNO4/c18-13-5-3-4-12(10-13)11-22-16(20)8-9-19-14-6-1-2-7-15(14)23-17(19)21/h1-7,10H,8-9,11H2. The highest BCUT2D eigenvalue weighted by Gasteiger charge is 2.11. The lowest BCUT2D eigenvalue weighted by Crippen LogP contribution is -2.17. The summed E-state index contributed by atoms with van der Waals surface area (Å²) in [6.45, 7) is 0.366. The van der Waals surface area contributed by atoms with Gasteiger partial charge in [0.05, 0.1) is 11.9 Å². The lowest BCUT2D eigenvalue weighted by atomic mass is 10.2. The third-order valence-corrected chi connectivity index (χ3v) is 3.64. The van der Waals surface area contributed by atoms with Crippen LogP contribution in [-0.2, 0) is 22.7 Å². The van der Waals surface area contributed by atoms with Gasteiger partial charge in [-0.25, -0.2) is 4.79 Å². The highest BCUT2D eigenvalue weighted by Crippen LogP contribution is 2.13. The quantitative estimate of drug-likeness (QED) is 0.672. The largest absolute Gasteiger partial charge is 0.461 e. The summed E-state index contributed by atoms with van der Waals surface area (Å²) in [5.41, 5.74) is 1.99. The molecule has 0 saturated carbocycles. The van der Waals surface area contributed by atoms with Gasteiger partial charge in [0.25, 0.3) is 0 Å². The van der Waals surface area contributed by atoms with Crippen LogP contribution < -0.4 is 5.76 Å². The van der Waals surface area contributed by atoms with Gasteiger partial charge in [0, 0.05) is 11.6 Å². The van der Waals surface area contributed by atoms with Crippen molar-refractivity contribution in [2.24, 2.45) is 0 Å². The summed E-state index contributed by atoms with van der Waals surface area (Å²) < 4.78 is 11.7. The van der Waals surface area contributed by atoms with Crippen LogP contribution in [0, 0.1) is 0 Å². The molecule has 6 heteroatoms. The summed E-state index contributed by atoms with van der Waals surface area (Å²) in [6.07, 6.45) is 0.0873. The topological polar surface area (TPSA) is 61.4 Å². The highest BCUT2D eigenvalue weighted by molar-refractivity contribution is 6.30. The molecule has 3 aromatic rings. The van der Waals surface area contributed by atoms with Crippen LogP contribution in [-0.4, -0.2) is 10.5 Å². The number of esters is 1. The van der Waals surface area contributed by atoms with Crippen molar-refractivity contribution in [1.29, 1.82) is 0 Å². The number of ether oxygens (including phenoxy) is 1.